The van der Waals surface area contributed by atoms with Crippen LogP contribution in [0, 0.1) is 0 Å². The number of hydrogen-bond donors (Lipinski definition) is 2. The molecule has 150 valence electrons. The largest absolute Gasteiger partial charge is 0.449 e. The van der Waals surface area contributed by atoms with Crippen molar-refractivity contribution in [1.82, 2.24) is 5.32 Å². The summed E-state index contributed by atoms with van der Waals surface area (Å²) >= 11 is 5.99. The van der Waals surface area contributed by atoms with E-state index in [0.717, 1.165) is 11.1 Å². The zero-order valence-corrected chi connectivity index (χ0v) is 16.9. The van der Waals surface area contributed by atoms with E-state index >= 15 is 0 Å². The van der Waals surface area contributed by atoms with Gasteiger partial charge in [-0.15, -0.1) is 0 Å². The number of carbonyl (C=O) groups excluding carboxylic acids is 2. The minimum absolute atomic E-state index is 0.146. The molecule has 3 aromatic carbocycles. The highest BCUT2D eigenvalue weighted by Gasteiger charge is 2.23. The first-order valence-electron chi connectivity index (χ1n) is 9.46. The summed E-state index contributed by atoms with van der Waals surface area (Å²) in [5.41, 5.74) is 2.64. The molecule has 0 saturated carbocycles. The molecule has 30 heavy (non-hydrogen) atoms. The van der Waals surface area contributed by atoms with Crippen LogP contribution in [0.4, 0.5) is 5.69 Å². The van der Waals surface area contributed by atoms with Crippen molar-refractivity contribution in [1.29, 1.82) is 0 Å². The molecule has 1 atom stereocenters. The lowest BCUT2D eigenvalue weighted by atomic mass is 10.1. The second kappa shape index (κ2) is 8.43. The zero-order chi connectivity index (χ0) is 21.1. The monoisotopic (exact) mass is 418 g/mol. The number of halogens is 1. The summed E-state index contributed by atoms with van der Waals surface area (Å²) < 4.78 is 5.75. The summed E-state index contributed by atoms with van der Waals surface area (Å²) in [5, 5.41) is 6.31. The maximum absolute atomic E-state index is 12.6. The van der Waals surface area contributed by atoms with Crippen molar-refractivity contribution in [2.45, 2.75) is 13.0 Å². The number of ether oxygens (including phenoxy) is 1. The summed E-state index contributed by atoms with van der Waals surface area (Å²) in [4.78, 5) is 25.1. The average Bonchev–Trinajstić information content (AvgIpc) is 2.74. The van der Waals surface area contributed by atoms with Crippen molar-refractivity contribution < 1.29 is 14.3 Å². The van der Waals surface area contributed by atoms with E-state index in [1.807, 2.05) is 43.3 Å². The maximum Gasteiger partial charge on any atom is 0.291 e. The third-order valence-corrected chi connectivity index (χ3v) is 4.96. The molecule has 5 nitrogen and oxygen atoms in total. The van der Waals surface area contributed by atoms with E-state index in [1.165, 1.54) is 0 Å². The Kier molecular flexibility index (Phi) is 5.55. The van der Waals surface area contributed by atoms with Gasteiger partial charge in [0.2, 0.25) is 0 Å². The van der Waals surface area contributed by atoms with Gasteiger partial charge in [-0.2, -0.15) is 0 Å². The van der Waals surface area contributed by atoms with Crippen LogP contribution in [-0.2, 0) is 4.79 Å². The molecular weight excluding hydrogens is 400 g/mol. The fourth-order valence-corrected chi connectivity index (χ4v) is 3.35. The Hall–Kier alpha value is -3.57. The predicted molar refractivity (Wildman–Crippen MR) is 117 cm³/mol. The van der Waals surface area contributed by atoms with E-state index in [4.69, 9.17) is 16.3 Å². The van der Waals surface area contributed by atoms with Gasteiger partial charge in [-0.05, 0) is 54.5 Å². The molecule has 1 aliphatic rings. The molecule has 2 amide bonds. The topological polar surface area (TPSA) is 67.4 Å². The highest BCUT2D eigenvalue weighted by Crippen LogP contribution is 2.32. The first kappa shape index (κ1) is 19.7. The molecule has 1 heterocycles. The van der Waals surface area contributed by atoms with Crippen LogP contribution in [-0.4, -0.2) is 11.8 Å². The summed E-state index contributed by atoms with van der Waals surface area (Å²) in [5.74, 6) is -0.00319. The minimum Gasteiger partial charge on any atom is -0.449 e. The van der Waals surface area contributed by atoms with E-state index in [9.17, 15) is 9.59 Å². The summed E-state index contributed by atoms with van der Waals surface area (Å²) in [6.45, 7) is 1.92. The summed E-state index contributed by atoms with van der Waals surface area (Å²) in [6, 6.07) is 21.6. The van der Waals surface area contributed by atoms with Crippen molar-refractivity contribution >= 4 is 35.2 Å². The Morgan fingerprint density at radius 1 is 1.07 bits per heavy atom. The molecule has 0 bridgehead atoms. The van der Waals surface area contributed by atoms with Crippen molar-refractivity contribution in [3.05, 3.63) is 100 Å². The zero-order valence-electron chi connectivity index (χ0n) is 16.2. The van der Waals surface area contributed by atoms with Crippen LogP contribution >= 0.6 is 11.6 Å². The molecule has 1 unspecified atom stereocenters. The number of fused-ring (bicyclic) bond motifs is 1. The van der Waals surface area contributed by atoms with Crippen molar-refractivity contribution in [2.75, 3.05) is 5.32 Å². The van der Waals surface area contributed by atoms with Gasteiger partial charge in [0.25, 0.3) is 11.8 Å². The molecule has 3 aromatic rings. The van der Waals surface area contributed by atoms with Crippen LogP contribution in [0.5, 0.6) is 5.75 Å². The lowest BCUT2D eigenvalue weighted by molar-refractivity contribution is -0.115. The average molecular weight is 419 g/mol. The maximum atomic E-state index is 12.6. The minimum atomic E-state index is -0.391. The number of benzene rings is 3. The van der Waals surface area contributed by atoms with E-state index in [0.29, 0.717) is 22.0 Å². The van der Waals surface area contributed by atoms with E-state index < -0.39 is 5.91 Å². The molecule has 0 aliphatic carbocycles. The quantitative estimate of drug-likeness (QED) is 0.572. The lowest BCUT2D eigenvalue weighted by Crippen LogP contribution is -2.27. The van der Waals surface area contributed by atoms with Crippen LogP contribution in [0.3, 0.4) is 0 Å². The second-order valence-corrected chi connectivity index (χ2v) is 7.37. The van der Waals surface area contributed by atoms with Gasteiger partial charge in [0.1, 0.15) is 0 Å². The molecule has 2 N–H and O–H groups in total. The highest BCUT2D eigenvalue weighted by atomic mass is 35.5. The highest BCUT2D eigenvalue weighted by molar-refractivity contribution is 6.30. The number of amides is 2. The summed E-state index contributed by atoms with van der Waals surface area (Å²) in [7, 11) is 0. The van der Waals surface area contributed by atoms with Crippen LogP contribution in [0.15, 0.2) is 78.6 Å². The number of anilines is 1. The normalized spacial score (nSPS) is 15.0. The van der Waals surface area contributed by atoms with Crippen molar-refractivity contribution in [3.8, 4) is 5.75 Å². The molecule has 0 saturated heterocycles. The molecule has 6 heteroatoms. The predicted octanol–water partition coefficient (Wildman–Crippen LogP) is 5.20. The smallest absolute Gasteiger partial charge is 0.291 e. The molecular formula is C24H19ClN2O3. The molecule has 0 spiro atoms. The Balaban J connectivity index is 1.51. The number of hydrogen-bond acceptors (Lipinski definition) is 3. The van der Waals surface area contributed by atoms with Gasteiger partial charge in [-0.3, -0.25) is 9.59 Å². The van der Waals surface area contributed by atoms with Gasteiger partial charge in [-0.1, -0.05) is 54.1 Å². The van der Waals surface area contributed by atoms with Gasteiger partial charge < -0.3 is 15.4 Å². The van der Waals surface area contributed by atoms with Gasteiger partial charge in [-0.25, -0.2) is 0 Å². The SMILES string of the molecule is CC(NC(=O)c1ccc2c(c1)NC(=O)/C(=C/c1cccc(Cl)c1)O2)c1ccccc1. The third-order valence-electron chi connectivity index (χ3n) is 4.73. The van der Waals surface area contributed by atoms with Gasteiger partial charge >= 0.3 is 0 Å². The Morgan fingerprint density at radius 3 is 2.63 bits per heavy atom. The molecule has 0 radical (unpaired) electrons. The number of carbonyl (C=O) groups is 2. The molecule has 0 fully saturated rings. The van der Waals surface area contributed by atoms with Crippen molar-refractivity contribution in [2.24, 2.45) is 0 Å². The Labute approximate surface area is 179 Å². The Bertz CT molecular complexity index is 1140. The molecule has 0 aromatic heterocycles. The lowest BCUT2D eigenvalue weighted by Gasteiger charge is -2.21. The van der Waals surface area contributed by atoms with E-state index in [2.05, 4.69) is 10.6 Å². The first-order chi connectivity index (χ1) is 14.5. The van der Waals surface area contributed by atoms with Crippen molar-refractivity contribution in [3.63, 3.8) is 0 Å². The van der Waals surface area contributed by atoms with Crippen LogP contribution in [0.2, 0.25) is 5.02 Å². The van der Waals surface area contributed by atoms with Crippen LogP contribution < -0.4 is 15.4 Å². The fraction of sp³-hybridized carbons (Fsp3) is 0.0833. The fourth-order valence-electron chi connectivity index (χ4n) is 3.15. The summed E-state index contributed by atoms with van der Waals surface area (Å²) in [6.07, 6.45) is 1.62. The van der Waals surface area contributed by atoms with E-state index in [-0.39, 0.29) is 17.7 Å². The number of rotatable bonds is 4. The first-order valence-corrected chi connectivity index (χ1v) is 9.84. The Morgan fingerprint density at radius 2 is 1.87 bits per heavy atom. The van der Waals surface area contributed by atoms with Gasteiger partial charge in [0.15, 0.2) is 11.5 Å². The molecule has 1 aliphatic heterocycles. The standard InChI is InChI=1S/C24H19ClN2O3/c1-15(17-7-3-2-4-8-17)26-23(28)18-10-11-21-20(14-18)27-24(29)22(30-21)13-16-6-5-9-19(25)12-16/h2-15H,1H3,(H,26,28)(H,27,29)/b22-13-. The van der Waals surface area contributed by atoms with Crippen LogP contribution in [0.1, 0.15) is 34.5 Å². The van der Waals surface area contributed by atoms with E-state index in [1.54, 1.807) is 42.5 Å². The molecule has 4 rings (SSSR count). The second-order valence-electron chi connectivity index (χ2n) is 6.94. The van der Waals surface area contributed by atoms with Crippen LogP contribution in [0.25, 0.3) is 6.08 Å². The number of nitrogens with one attached hydrogen (secondary N) is 2. The van der Waals surface area contributed by atoms with Gasteiger partial charge in [0.05, 0.1) is 11.7 Å². The third kappa shape index (κ3) is 4.36. The van der Waals surface area contributed by atoms with Gasteiger partial charge in [0, 0.05) is 10.6 Å².